The summed E-state index contributed by atoms with van der Waals surface area (Å²) in [7, 11) is 0. The molecule has 0 amide bonds. The highest BCUT2D eigenvalue weighted by atomic mass is 16.3. The number of benzene rings is 10. The monoisotopic (exact) mass is 881 g/mol. The van der Waals surface area contributed by atoms with Gasteiger partial charge in [-0.1, -0.05) is 188 Å². The lowest BCUT2D eigenvalue weighted by Gasteiger charge is -2.17. The lowest BCUT2D eigenvalue weighted by atomic mass is 9.96. The Bertz CT molecular complexity index is 4260. The molecule has 4 aromatic heterocycles. The molecule has 322 valence electrons. The molecule has 69 heavy (non-hydrogen) atoms. The first-order chi connectivity index (χ1) is 34.2. The van der Waals surface area contributed by atoms with Crippen LogP contribution in [-0.2, 0) is 0 Å². The van der Waals surface area contributed by atoms with E-state index in [0.29, 0.717) is 17.6 Å². The van der Waals surface area contributed by atoms with E-state index in [4.69, 9.17) is 19.4 Å². The van der Waals surface area contributed by atoms with Crippen LogP contribution in [-0.4, -0.2) is 24.1 Å². The minimum Gasteiger partial charge on any atom is -0.456 e. The third-order valence-corrected chi connectivity index (χ3v) is 13.6. The number of hydrogen-bond acceptors (Lipinski definition) is 4. The van der Waals surface area contributed by atoms with Gasteiger partial charge in [0.1, 0.15) is 11.2 Å². The molecule has 0 aliphatic rings. The fraction of sp³-hybridized carbons (Fsp3) is 0. The summed E-state index contributed by atoms with van der Waals surface area (Å²) in [5, 5.41) is 6.85. The summed E-state index contributed by atoms with van der Waals surface area (Å²) in [5.74, 6) is 1.71. The molecular formula is C63H39N5O. The van der Waals surface area contributed by atoms with Crippen LogP contribution in [0.5, 0.6) is 0 Å². The molecule has 6 heteroatoms. The molecular weight excluding hydrogens is 843 g/mol. The SMILES string of the molecule is c1ccc(-c2nc(-c3ccc(-c4ccccc4)c(-n4c5ccccc5c5ccccc54)c3)nc(-n3c4ccccc4c4cccc(-c5cccc(-c6ccc7oc8ccccc8c7c6)c5)c43)n2)cc1. The molecule has 0 aliphatic heterocycles. The van der Waals surface area contributed by atoms with Crippen molar-refractivity contribution in [1.82, 2.24) is 24.1 Å². The van der Waals surface area contributed by atoms with Crippen LogP contribution in [0.1, 0.15) is 0 Å². The number of nitrogens with zero attached hydrogens (tertiary/aromatic N) is 5. The van der Waals surface area contributed by atoms with Gasteiger partial charge in [-0.25, -0.2) is 4.98 Å². The largest absolute Gasteiger partial charge is 0.456 e. The molecule has 0 N–H and O–H groups in total. The van der Waals surface area contributed by atoms with Gasteiger partial charge in [-0.15, -0.1) is 0 Å². The first kappa shape index (κ1) is 38.8. The van der Waals surface area contributed by atoms with E-state index < -0.39 is 0 Å². The average molecular weight is 882 g/mol. The van der Waals surface area contributed by atoms with Crippen LogP contribution in [0.15, 0.2) is 241 Å². The van der Waals surface area contributed by atoms with Crippen molar-refractivity contribution in [3.8, 4) is 67.8 Å². The smallest absolute Gasteiger partial charge is 0.238 e. The molecule has 0 radical (unpaired) electrons. The summed E-state index contributed by atoms with van der Waals surface area (Å²) >= 11 is 0. The minimum atomic E-state index is 0.538. The summed E-state index contributed by atoms with van der Waals surface area (Å²) in [5.41, 5.74) is 15.5. The van der Waals surface area contributed by atoms with Crippen LogP contribution in [0.3, 0.4) is 0 Å². The molecule has 6 nitrogen and oxygen atoms in total. The van der Waals surface area contributed by atoms with E-state index in [9.17, 15) is 0 Å². The molecule has 0 unspecified atom stereocenters. The van der Waals surface area contributed by atoms with Gasteiger partial charge in [-0.05, 0) is 70.8 Å². The number of para-hydroxylation sites is 5. The number of hydrogen-bond donors (Lipinski definition) is 0. The molecule has 10 aromatic carbocycles. The third-order valence-electron chi connectivity index (χ3n) is 13.6. The summed E-state index contributed by atoms with van der Waals surface area (Å²) in [6, 6.07) is 83.4. The second-order valence-corrected chi connectivity index (χ2v) is 17.6. The first-order valence-corrected chi connectivity index (χ1v) is 23.3. The first-order valence-electron chi connectivity index (χ1n) is 23.3. The van der Waals surface area contributed by atoms with Crippen LogP contribution in [0.4, 0.5) is 0 Å². The van der Waals surface area contributed by atoms with Gasteiger partial charge in [0.15, 0.2) is 11.6 Å². The van der Waals surface area contributed by atoms with Crippen molar-refractivity contribution >= 4 is 65.6 Å². The van der Waals surface area contributed by atoms with Crippen molar-refractivity contribution < 1.29 is 4.42 Å². The normalized spacial score (nSPS) is 11.8. The van der Waals surface area contributed by atoms with Crippen LogP contribution in [0.25, 0.3) is 133 Å². The summed E-state index contributed by atoms with van der Waals surface area (Å²) in [6.45, 7) is 0. The van der Waals surface area contributed by atoms with Crippen molar-refractivity contribution in [2.45, 2.75) is 0 Å². The number of fused-ring (bicyclic) bond motifs is 9. The predicted octanol–water partition coefficient (Wildman–Crippen LogP) is 16.3. The highest BCUT2D eigenvalue weighted by molar-refractivity contribution is 6.14. The van der Waals surface area contributed by atoms with E-state index in [2.05, 4.69) is 215 Å². The second kappa shape index (κ2) is 15.6. The van der Waals surface area contributed by atoms with Crippen molar-refractivity contribution in [2.24, 2.45) is 0 Å². The fourth-order valence-electron chi connectivity index (χ4n) is 10.4. The summed E-state index contributed by atoms with van der Waals surface area (Å²) < 4.78 is 10.8. The van der Waals surface area contributed by atoms with Gasteiger partial charge in [-0.3, -0.25) is 4.57 Å². The molecule has 0 aliphatic carbocycles. The Hall–Kier alpha value is -9.39. The van der Waals surface area contributed by atoms with E-state index in [-0.39, 0.29) is 0 Å². The highest BCUT2D eigenvalue weighted by Crippen LogP contribution is 2.42. The van der Waals surface area contributed by atoms with Crippen LogP contribution < -0.4 is 0 Å². The van der Waals surface area contributed by atoms with Crippen molar-refractivity contribution in [3.63, 3.8) is 0 Å². The predicted molar refractivity (Wildman–Crippen MR) is 283 cm³/mol. The molecule has 0 atom stereocenters. The van der Waals surface area contributed by atoms with E-state index >= 15 is 0 Å². The molecule has 0 spiro atoms. The van der Waals surface area contributed by atoms with Gasteiger partial charge >= 0.3 is 0 Å². The average Bonchev–Trinajstić information content (AvgIpc) is 4.09. The standard InChI is InChI=1S/C63H39N5O/c1-3-17-40(18-4-1)46-35-33-45(39-57(46)67-54-29-11-7-23-48(54)49-24-8-12-30-55(49)67)62-64-61(41-19-5-2-6-20-41)65-63(66-62)68-56-31-13-9-25-50(56)52-28-16-27-47(60(52)68)44-22-15-21-42(37-44)43-34-36-59-53(38-43)51-26-10-14-32-58(51)69-59/h1-39H. The van der Waals surface area contributed by atoms with Crippen molar-refractivity contribution in [2.75, 3.05) is 0 Å². The molecule has 14 aromatic rings. The van der Waals surface area contributed by atoms with Gasteiger partial charge < -0.3 is 8.98 Å². The maximum Gasteiger partial charge on any atom is 0.238 e. The van der Waals surface area contributed by atoms with Gasteiger partial charge in [0.05, 0.1) is 27.8 Å². The quantitative estimate of drug-likeness (QED) is 0.160. The number of furan rings is 1. The van der Waals surface area contributed by atoms with Crippen molar-refractivity contribution in [3.05, 3.63) is 237 Å². The lowest BCUT2D eigenvalue weighted by Crippen LogP contribution is -2.07. The Balaban J connectivity index is 0.998. The van der Waals surface area contributed by atoms with Gasteiger partial charge in [0.25, 0.3) is 0 Å². The molecule has 0 saturated carbocycles. The molecule has 0 fully saturated rings. The summed E-state index contributed by atoms with van der Waals surface area (Å²) in [4.78, 5) is 16.2. The van der Waals surface area contributed by atoms with E-state index in [0.717, 1.165) is 105 Å². The Morgan fingerprint density at radius 3 is 1.55 bits per heavy atom. The third kappa shape index (κ3) is 6.30. The highest BCUT2D eigenvalue weighted by Gasteiger charge is 2.23. The molecule has 14 rings (SSSR count). The van der Waals surface area contributed by atoms with Crippen LogP contribution in [0.2, 0.25) is 0 Å². The maximum atomic E-state index is 6.20. The van der Waals surface area contributed by atoms with Crippen molar-refractivity contribution in [1.29, 1.82) is 0 Å². The minimum absolute atomic E-state index is 0.538. The Morgan fingerprint density at radius 2 is 0.812 bits per heavy atom. The van der Waals surface area contributed by atoms with Crippen LogP contribution in [0, 0.1) is 0 Å². The van der Waals surface area contributed by atoms with Gasteiger partial charge in [-0.2, -0.15) is 9.97 Å². The molecule has 0 bridgehead atoms. The fourth-order valence-corrected chi connectivity index (χ4v) is 10.4. The zero-order chi connectivity index (χ0) is 45.4. The van der Waals surface area contributed by atoms with Gasteiger partial charge in [0, 0.05) is 54.6 Å². The molecule has 4 heterocycles. The van der Waals surface area contributed by atoms with Gasteiger partial charge in [0.2, 0.25) is 5.95 Å². The van der Waals surface area contributed by atoms with E-state index in [1.807, 2.05) is 30.3 Å². The topological polar surface area (TPSA) is 61.7 Å². The maximum absolute atomic E-state index is 6.20. The Kier molecular flexibility index (Phi) is 8.79. The molecule has 0 saturated heterocycles. The lowest BCUT2D eigenvalue weighted by molar-refractivity contribution is 0.669. The zero-order valence-electron chi connectivity index (χ0n) is 37.2. The number of rotatable bonds is 7. The zero-order valence-corrected chi connectivity index (χ0v) is 37.2. The number of aromatic nitrogens is 5. The van der Waals surface area contributed by atoms with E-state index in [1.54, 1.807) is 0 Å². The summed E-state index contributed by atoms with van der Waals surface area (Å²) in [6.07, 6.45) is 0. The second-order valence-electron chi connectivity index (χ2n) is 17.6. The Labute approximate surface area is 396 Å². The van der Waals surface area contributed by atoms with Crippen LogP contribution >= 0.6 is 0 Å². The van der Waals surface area contributed by atoms with E-state index in [1.165, 1.54) is 10.8 Å². The Morgan fingerprint density at radius 1 is 0.290 bits per heavy atom.